The average Bonchev–Trinajstić information content (AvgIpc) is 3.16. The average molecular weight is 781 g/mol. The van der Waals surface area contributed by atoms with Crippen molar-refractivity contribution >= 4 is 41.0 Å². The summed E-state index contributed by atoms with van der Waals surface area (Å²) in [6.45, 7) is 0.987. The lowest BCUT2D eigenvalue weighted by molar-refractivity contribution is -0.185. The van der Waals surface area contributed by atoms with E-state index < -0.39 is 41.8 Å². The lowest BCUT2D eigenvalue weighted by Gasteiger charge is -2.48. The second kappa shape index (κ2) is 16.0. The predicted octanol–water partition coefficient (Wildman–Crippen LogP) is 7.69. The largest absolute Gasteiger partial charge is 0.471 e. The number of amides is 4. The molecule has 2 N–H and O–H groups in total. The number of urea groups is 1. The number of carbonyl (C=O) groups is 3. The first kappa shape index (κ1) is 39.1. The van der Waals surface area contributed by atoms with Crippen molar-refractivity contribution in [3.63, 3.8) is 0 Å². The molecule has 13 heteroatoms. The van der Waals surface area contributed by atoms with Crippen LogP contribution in [0.4, 0.5) is 18.0 Å². The van der Waals surface area contributed by atoms with Crippen molar-refractivity contribution in [1.29, 1.82) is 0 Å². The second-order valence-electron chi connectivity index (χ2n) is 14.1. The summed E-state index contributed by atoms with van der Waals surface area (Å²) in [6, 6.07) is 30.2. The SMILES string of the molecule is CN(CC(CCN1CCC2(CC1)NC(=O)Cc1ccccc12)(c1ccc(Cl)c(Cl)c1)N(C)C(=O)NC(c1ccccc1)c1ccccc1)C(=O)C(F)(F)F. The lowest BCUT2D eigenvalue weighted by Crippen LogP contribution is -2.60. The zero-order valence-corrected chi connectivity index (χ0v) is 31.5. The fourth-order valence-corrected chi connectivity index (χ4v) is 8.20. The Morgan fingerprint density at radius 3 is 2.06 bits per heavy atom. The van der Waals surface area contributed by atoms with Crippen molar-refractivity contribution < 1.29 is 27.6 Å². The summed E-state index contributed by atoms with van der Waals surface area (Å²) < 4.78 is 41.8. The van der Waals surface area contributed by atoms with Gasteiger partial charge in [0.25, 0.3) is 0 Å². The molecule has 6 rings (SSSR count). The Bertz CT molecular complexity index is 1940. The van der Waals surface area contributed by atoms with Gasteiger partial charge in [-0.05, 0) is 59.2 Å². The monoisotopic (exact) mass is 779 g/mol. The fourth-order valence-electron chi connectivity index (χ4n) is 7.90. The molecule has 1 atom stereocenters. The number of fused-ring (bicyclic) bond motifs is 2. The van der Waals surface area contributed by atoms with Crippen molar-refractivity contribution in [2.24, 2.45) is 0 Å². The van der Waals surface area contributed by atoms with E-state index >= 15 is 0 Å². The van der Waals surface area contributed by atoms with Crippen LogP contribution >= 0.6 is 23.2 Å². The van der Waals surface area contributed by atoms with E-state index in [0.717, 1.165) is 29.3 Å². The normalized spacial score (nSPS) is 16.6. The lowest BCUT2D eigenvalue weighted by atomic mass is 9.75. The molecule has 0 saturated carbocycles. The first-order chi connectivity index (χ1) is 25.7. The van der Waals surface area contributed by atoms with Gasteiger partial charge in [0.1, 0.15) is 0 Å². The number of hydrogen-bond acceptors (Lipinski definition) is 4. The zero-order chi connectivity index (χ0) is 38.7. The van der Waals surface area contributed by atoms with Crippen LogP contribution in [0.3, 0.4) is 0 Å². The van der Waals surface area contributed by atoms with Crippen LogP contribution in [-0.2, 0) is 27.1 Å². The van der Waals surface area contributed by atoms with Gasteiger partial charge in [0.05, 0.1) is 33.6 Å². The van der Waals surface area contributed by atoms with Crippen LogP contribution in [0.15, 0.2) is 103 Å². The number of nitrogens with zero attached hydrogens (tertiary/aromatic N) is 3. The molecule has 4 amide bonds. The van der Waals surface area contributed by atoms with Crippen LogP contribution in [0, 0.1) is 0 Å². The van der Waals surface area contributed by atoms with E-state index in [1.807, 2.05) is 78.9 Å². The van der Waals surface area contributed by atoms with Crippen LogP contribution < -0.4 is 10.6 Å². The number of rotatable bonds is 10. The molecule has 0 radical (unpaired) electrons. The molecular formula is C41H42Cl2F3N5O3. The van der Waals surface area contributed by atoms with Gasteiger partial charge in [-0.25, -0.2) is 4.79 Å². The molecule has 0 aromatic heterocycles. The highest BCUT2D eigenvalue weighted by molar-refractivity contribution is 6.42. The molecule has 4 aromatic rings. The van der Waals surface area contributed by atoms with Gasteiger partial charge < -0.3 is 25.3 Å². The first-order valence-electron chi connectivity index (χ1n) is 17.8. The van der Waals surface area contributed by atoms with E-state index in [1.165, 1.54) is 18.0 Å². The van der Waals surface area contributed by atoms with Crippen LogP contribution in [0.25, 0.3) is 0 Å². The van der Waals surface area contributed by atoms with E-state index in [-0.39, 0.29) is 22.4 Å². The molecule has 0 aliphatic carbocycles. The van der Waals surface area contributed by atoms with Crippen LogP contribution in [0.2, 0.25) is 10.0 Å². The van der Waals surface area contributed by atoms with E-state index in [0.29, 0.717) is 49.4 Å². The zero-order valence-electron chi connectivity index (χ0n) is 30.0. The van der Waals surface area contributed by atoms with Crippen molar-refractivity contribution in [1.82, 2.24) is 25.3 Å². The first-order valence-corrected chi connectivity index (χ1v) is 18.5. The van der Waals surface area contributed by atoms with Gasteiger partial charge in [-0.3, -0.25) is 9.59 Å². The molecule has 1 unspecified atom stereocenters. The number of nitrogens with one attached hydrogen (secondary N) is 2. The molecule has 1 spiro atoms. The molecule has 2 aliphatic heterocycles. The van der Waals surface area contributed by atoms with Crippen molar-refractivity contribution in [2.45, 2.75) is 49.0 Å². The third-order valence-electron chi connectivity index (χ3n) is 10.8. The Morgan fingerprint density at radius 1 is 0.870 bits per heavy atom. The summed E-state index contributed by atoms with van der Waals surface area (Å²) in [4.78, 5) is 44.3. The number of halogens is 5. The highest BCUT2D eigenvalue weighted by Gasteiger charge is 2.48. The summed E-state index contributed by atoms with van der Waals surface area (Å²) in [5.74, 6) is -2.08. The molecule has 2 heterocycles. The number of likely N-dealkylation sites (tertiary alicyclic amines) is 1. The smallest absolute Gasteiger partial charge is 0.346 e. The molecule has 4 aromatic carbocycles. The van der Waals surface area contributed by atoms with Gasteiger partial charge in [0.2, 0.25) is 5.91 Å². The number of benzene rings is 4. The fraction of sp³-hybridized carbons (Fsp3) is 0.341. The third kappa shape index (κ3) is 8.23. The van der Waals surface area contributed by atoms with E-state index in [9.17, 15) is 27.6 Å². The number of likely N-dealkylation sites (N-methyl/N-ethyl adjacent to an activating group) is 2. The van der Waals surface area contributed by atoms with Crippen LogP contribution in [-0.4, -0.2) is 79.0 Å². The Labute approximate surface area is 323 Å². The predicted molar refractivity (Wildman–Crippen MR) is 203 cm³/mol. The van der Waals surface area contributed by atoms with Gasteiger partial charge in [-0.1, -0.05) is 114 Å². The maximum Gasteiger partial charge on any atom is 0.471 e. The molecule has 54 heavy (non-hydrogen) atoms. The minimum absolute atomic E-state index is 0.0323. The van der Waals surface area contributed by atoms with Gasteiger partial charge in [0.15, 0.2) is 0 Å². The van der Waals surface area contributed by atoms with Crippen molar-refractivity contribution in [2.75, 3.05) is 40.3 Å². The van der Waals surface area contributed by atoms with E-state index in [1.54, 1.807) is 12.1 Å². The van der Waals surface area contributed by atoms with Crippen LogP contribution in [0.1, 0.15) is 53.1 Å². The molecule has 8 nitrogen and oxygen atoms in total. The van der Waals surface area contributed by atoms with Gasteiger partial charge >= 0.3 is 18.1 Å². The Morgan fingerprint density at radius 2 is 1.46 bits per heavy atom. The molecular weight excluding hydrogens is 738 g/mol. The highest BCUT2D eigenvalue weighted by atomic mass is 35.5. The summed E-state index contributed by atoms with van der Waals surface area (Å²) >= 11 is 12.9. The number of carbonyl (C=O) groups excluding carboxylic acids is 3. The Balaban J connectivity index is 1.35. The van der Waals surface area contributed by atoms with E-state index in [2.05, 4.69) is 21.6 Å². The van der Waals surface area contributed by atoms with Crippen molar-refractivity contribution in [3.05, 3.63) is 141 Å². The summed E-state index contributed by atoms with van der Waals surface area (Å²) in [7, 11) is 2.61. The Hall–Kier alpha value is -4.58. The topological polar surface area (TPSA) is 85.0 Å². The highest BCUT2D eigenvalue weighted by Crippen LogP contribution is 2.41. The molecule has 1 saturated heterocycles. The third-order valence-corrected chi connectivity index (χ3v) is 11.6. The maximum atomic E-state index is 14.6. The quantitative estimate of drug-likeness (QED) is 0.173. The molecule has 0 bridgehead atoms. The minimum atomic E-state index is -5.15. The molecule has 2 aliphatic rings. The van der Waals surface area contributed by atoms with Crippen LogP contribution in [0.5, 0.6) is 0 Å². The number of alkyl halides is 3. The summed E-state index contributed by atoms with van der Waals surface area (Å²) in [5.41, 5.74) is 2.07. The maximum absolute atomic E-state index is 14.6. The second-order valence-corrected chi connectivity index (χ2v) is 15.0. The summed E-state index contributed by atoms with van der Waals surface area (Å²) in [5, 5.41) is 6.74. The number of piperidine rings is 1. The van der Waals surface area contributed by atoms with Gasteiger partial charge in [-0.15, -0.1) is 0 Å². The standard InChI is InChI=1S/C41H42Cl2F3N5O3/c1-49(37(53)41(44,45)46)27-40(31-17-18-33(42)34(43)26-31,50(2)38(54)47-36(28-11-5-3-6-12-28)29-13-7-4-8-14-29)21-24-51-22-19-39(20-23-51)32-16-10-9-15-30(32)25-35(52)48-39/h3-18,26,36H,19-25,27H2,1-2H3,(H,47,54)(H,48,52). The van der Waals surface area contributed by atoms with E-state index in [4.69, 9.17) is 23.2 Å². The van der Waals surface area contributed by atoms with Gasteiger partial charge in [0, 0.05) is 40.3 Å². The molecule has 1 fully saturated rings. The number of hydrogen-bond donors (Lipinski definition) is 2. The summed E-state index contributed by atoms with van der Waals surface area (Å²) in [6.07, 6.45) is -3.46. The molecule has 284 valence electrons. The van der Waals surface area contributed by atoms with Gasteiger partial charge in [-0.2, -0.15) is 13.2 Å². The Kier molecular flexibility index (Phi) is 11.6. The minimum Gasteiger partial charge on any atom is -0.346 e. The van der Waals surface area contributed by atoms with Crippen molar-refractivity contribution in [3.8, 4) is 0 Å².